The number of aromatic nitrogens is 1. The molecule has 72 valence electrons. The van der Waals surface area contributed by atoms with Gasteiger partial charge in [-0.2, -0.15) is 5.26 Å². The van der Waals surface area contributed by atoms with E-state index in [0.29, 0.717) is 11.6 Å². The summed E-state index contributed by atoms with van der Waals surface area (Å²) < 4.78 is 4.80. The third kappa shape index (κ3) is 2.57. The van der Waals surface area contributed by atoms with Gasteiger partial charge in [0.25, 0.3) is 0 Å². The lowest BCUT2D eigenvalue weighted by Crippen LogP contribution is -2.11. The molecule has 0 radical (unpaired) electrons. The summed E-state index contributed by atoms with van der Waals surface area (Å²) in [5, 5.41) is 15.0. The first-order valence-electron chi connectivity index (χ1n) is 3.73. The fraction of sp³-hybridized carbons (Fsp3) is 0.125. The van der Waals surface area contributed by atoms with Crippen molar-refractivity contribution in [3.8, 4) is 6.07 Å². The summed E-state index contributed by atoms with van der Waals surface area (Å²) in [4.78, 5) is 0.0419. The zero-order chi connectivity index (χ0) is 10.6. The Bertz CT molecular complexity index is 415. The first-order valence-corrected chi connectivity index (χ1v) is 4.14. The molecule has 0 aromatic carbocycles. The molecule has 0 saturated heterocycles. The van der Waals surface area contributed by atoms with Crippen molar-refractivity contribution in [2.75, 3.05) is 5.32 Å². The van der Waals surface area contributed by atoms with Crippen LogP contribution in [0.4, 0.5) is 5.82 Å². The smallest absolute Gasteiger partial charge is 0.173 e. The molecule has 14 heavy (non-hydrogen) atoms. The predicted octanol–water partition coefficient (Wildman–Crippen LogP) is 1.09. The molecule has 1 aromatic heterocycles. The number of rotatable bonds is 3. The first kappa shape index (κ1) is 10.2. The van der Waals surface area contributed by atoms with E-state index in [1.165, 1.54) is 6.20 Å². The molecule has 1 heterocycles. The zero-order valence-corrected chi connectivity index (χ0v) is 8.26. The molecule has 0 spiro atoms. The predicted molar refractivity (Wildman–Crippen MR) is 55.3 cm³/mol. The van der Waals surface area contributed by atoms with Crippen LogP contribution in [0.5, 0.6) is 0 Å². The van der Waals surface area contributed by atoms with Crippen molar-refractivity contribution in [3.05, 3.63) is 23.6 Å². The highest BCUT2D eigenvalue weighted by molar-refractivity contribution is 7.80. The normalized spacial score (nSPS) is 10.7. The lowest BCUT2D eigenvalue weighted by atomic mass is 10.3. The Morgan fingerprint density at radius 2 is 2.57 bits per heavy atom. The monoisotopic (exact) mass is 208 g/mol. The van der Waals surface area contributed by atoms with Gasteiger partial charge in [0.1, 0.15) is 22.4 Å². The van der Waals surface area contributed by atoms with Gasteiger partial charge in [-0.3, -0.25) is 0 Å². The maximum Gasteiger partial charge on any atom is 0.173 e. The summed E-state index contributed by atoms with van der Waals surface area (Å²) in [7, 11) is 0. The van der Waals surface area contributed by atoms with Gasteiger partial charge in [0.15, 0.2) is 5.82 Å². The van der Waals surface area contributed by atoms with E-state index in [1.54, 1.807) is 13.0 Å². The second-order valence-corrected chi connectivity index (χ2v) is 2.94. The van der Waals surface area contributed by atoms with E-state index >= 15 is 0 Å². The lowest BCUT2D eigenvalue weighted by molar-refractivity contribution is 0.400. The van der Waals surface area contributed by atoms with Crippen molar-refractivity contribution in [2.45, 2.75) is 6.92 Å². The van der Waals surface area contributed by atoms with Gasteiger partial charge in [-0.1, -0.05) is 17.4 Å². The summed E-state index contributed by atoms with van der Waals surface area (Å²) in [6, 6.07) is 3.54. The SMILES string of the molecule is Cc1cc(N/C=C(/C#N)C(N)=S)no1. The van der Waals surface area contributed by atoms with Gasteiger partial charge in [0, 0.05) is 12.3 Å². The third-order valence-electron chi connectivity index (χ3n) is 1.38. The van der Waals surface area contributed by atoms with Crippen molar-refractivity contribution in [1.82, 2.24) is 5.16 Å². The second kappa shape index (κ2) is 4.39. The Labute approximate surface area is 86.2 Å². The summed E-state index contributed by atoms with van der Waals surface area (Å²) >= 11 is 4.64. The molecule has 3 N–H and O–H groups in total. The number of hydrogen-bond donors (Lipinski definition) is 2. The Hall–Kier alpha value is -1.87. The molecular formula is C8H8N4OS. The molecule has 0 saturated carbocycles. The topological polar surface area (TPSA) is 87.9 Å². The van der Waals surface area contributed by atoms with Crippen molar-refractivity contribution in [2.24, 2.45) is 5.73 Å². The molecule has 0 atom stereocenters. The van der Waals surface area contributed by atoms with E-state index in [-0.39, 0.29) is 10.6 Å². The highest BCUT2D eigenvalue weighted by atomic mass is 32.1. The Kier molecular flexibility index (Phi) is 3.20. The van der Waals surface area contributed by atoms with E-state index in [4.69, 9.17) is 15.5 Å². The van der Waals surface area contributed by atoms with Crippen LogP contribution in [0.15, 0.2) is 22.4 Å². The number of anilines is 1. The molecule has 0 bridgehead atoms. The van der Waals surface area contributed by atoms with Gasteiger partial charge in [-0.25, -0.2) is 0 Å². The Morgan fingerprint density at radius 1 is 1.86 bits per heavy atom. The van der Waals surface area contributed by atoms with Crippen LogP contribution in [0.2, 0.25) is 0 Å². The minimum absolute atomic E-state index is 0.0419. The molecule has 0 unspecified atom stereocenters. The average Bonchev–Trinajstić information content (AvgIpc) is 2.52. The van der Waals surface area contributed by atoms with Crippen molar-refractivity contribution in [3.63, 3.8) is 0 Å². The van der Waals surface area contributed by atoms with E-state index < -0.39 is 0 Å². The van der Waals surface area contributed by atoms with Gasteiger partial charge in [0.2, 0.25) is 0 Å². The van der Waals surface area contributed by atoms with Crippen LogP contribution >= 0.6 is 12.2 Å². The van der Waals surface area contributed by atoms with E-state index in [1.807, 2.05) is 6.07 Å². The van der Waals surface area contributed by atoms with Crippen molar-refractivity contribution < 1.29 is 4.52 Å². The van der Waals surface area contributed by atoms with Gasteiger partial charge < -0.3 is 15.6 Å². The van der Waals surface area contributed by atoms with Crippen LogP contribution in [0.3, 0.4) is 0 Å². The molecule has 0 aliphatic rings. The molecule has 0 aliphatic heterocycles. The summed E-state index contributed by atoms with van der Waals surface area (Å²) in [5.41, 5.74) is 5.47. The van der Waals surface area contributed by atoms with E-state index in [0.717, 1.165) is 0 Å². The number of nitrogens with two attached hydrogens (primary N) is 1. The van der Waals surface area contributed by atoms with Gasteiger partial charge in [0.05, 0.1) is 0 Å². The number of nitriles is 1. The maximum absolute atomic E-state index is 8.61. The second-order valence-electron chi connectivity index (χ2n) is 2.50. The highest BCUT2D eigenvalue weighted by Crippen LogP contribution is 2.07. The standard InChI is InChI=1S/C8H8N4OS/c1-5-2-7(12-13-5)11-4-6(3-9)8(10)14/h2,4H,1H3,(H2,10,14)(H,11,12)/b6-4-. The summed E-state index contributed by atoms with van der Waals surface area (Å²) in [6.45, 7) is 1.76. The quantitative estimate of drug-likeness (QED) is 0.439. The van der Waals surface area contributed by atoms with Crippen LogP contribution < -0.4 is 11.1 Å². The molecule has 0 fully saturated rings. The van der Waals surface area contributed by atoms with Crippen LogP contribution in [0.1, 0.15) is 5.76 Å². The molecule has 1 rings (SSSR count). The van der Waals surface area contributed by atoms with Gasteiger partial charge in [-0.05, 0) is 6.92 Å². The number of aryl methyl sites for hydroxylation is 1. The van der Waals surface area contributed by atoms with Crippen LogP contribution in [-0.4, -0.2) is 10.1 Å². The van der Waals surface area contributed by atoms with Crippen LogP contribution in [0, 0.1) is 18.3 Å². The Morgan fingerprint density at radius 3 is 3.00 bits per heavy atom. The molecule has 1 aromatic rings. The Balaban J connectivity index is 2.72. The molecule has 5 nitrogen and oxygen atoms in total. The zero-order valence-electron chi connectivity index (χ0n) is 7.44. The first-order chi connectivity index (χ1) is 6.63. The number of hydrogen-bond acceptors (Lipinski definition) is 5. The van der Waals surface area contributed by atoms with Crippen LogP contribution in [0.25, 0.3) is 0 Å². The van der Waals surface area contributed by atoms with Gasteiger partial charge in [-0.15, -0.1) is 0 Å². The van der Waals surface area contributed by atoms with Crippen LogP contribution in [-0.2, 0) is 0 Å². The summed E-state index contributed by atoms with van der Waals surface area (Å²) in [6.07, 6.45) is 1.39. The van der Waals surface area contributed by atoms with Gasteiger partial charge >= 0.3 is 0 Å². The maximum atomic E-state index is 8.61. The fourth-order valence-corrected chi connectivity index (χ4v) is 0.844. The largest absolute Gasteiger partial charge is 0.389 e. The number of nitrogens with one attached hydrogen (secondary N) is 1. The highest BCUT2D eigenvalue weighted by Gasteiger charge is 2.00. The molecule has 0 amide bonds. The molecule has 6 heteroatoms. The molecule has 0 aliphatic carbocycles. The number of nitrogens with zero attached hydrogens (tertiary/aromatic N) is 2. The summed E-state index contributed by atoms with van der Waals surface area (Å²) in [5.74, 6) is 1.18. The average molecular weight is 208 g/mol. The minimum atomic E-state index is 0.0419. The fourth-order valence-electron chi connectivity index (χ4n) is 0.739. The van der Waals surface area contributed by atoms with E-state index in [2.05, 4.69) is 22.7 Å². The minimum Gasteiger partial charge on any atom is -0.389 e. The lowest BCUT2D eigenvalue weighted by Gasteiger charge is -1.94. The van der Waals surface area contributed by atoms with E-state index in [9.17, 15) is 0 Å². The van der Waals surface area contributed by atoms with Crippen molar-refractivity contribution >= 4 is 23.0 Å². The van der Waals surface area contributed by atoms with Crippen molar-refractivity contribution in [1.29, 1.82) is 5.26 Å². The third-order valence-corrected chi connectivity index (χ3v) is 1.60. The molecular weight excluding hydrogens is 200 g/mol. The number of thiocarbonyl (C=S) groups is 1.